The summed E-state index contributed by atoms with van der Waals surface area (Å²) in [5.41, 5.74) is 1.16. The summed E-state index contributed by atoms with van der Waals surface area (Å²) in [5, 5.41) is 10.1. The van der Waals surface area contributed by atoms with Crippen LogP contribution in [0.2, 0.25) is 5.02 Å². The van der Waals surface area contributed by atoms with Crippen LogP contribution in [0.15, 0.2) is 52.9 Å². The van der Waals surface area contributed by atoms with Gasteiger partial charge in [-0.2, -0.15) is 10.2 Å². The lowest BCUT2D eigenvalue weighted by molar-refractivity contribution is 0.0740. The molecule has 1 saturated heterocycles. The highest BCUT2D eigenvalue weighted by Crippen LogP contribution is 2.25. The number of hydrogen-bond acceptors (Lipinski definition) is 5. The molecule has 0 aliphatic carbocycles. The van der Waals surface area contributed by atoms with Gasteiger partial charge in [0.05, 0.1) is 5.56 Å². The van der Waals surface area contributed by atoms with Gasteiger partial charge >= 0.3 is 0 Å². The standard InChI is InChI=1S/C23H18ClFN4O2/c24-17-8-5-16(6-9-17)7-10-21-27-20(15-26)23(31-21)29-13-11-28(12-14-29)22(30)18-3-1-2-4-19(18)25/h1-10H,11-14H2. The van der Waals surface area contributed by atoms with E-state index in [2.05, 4.69) is 11.1 Å². The largest absolute Gasteiger partial charge is 0.420 e. The summed E-state index contributed by atoms with van der Waals surface area (Å²) in [6, 6.07) is 15.3. The van der Waals surface area contributed by atoms with Gasteiger partial charge in [-0.05, 0) is 35.9 Å². The van der Waals surface area contributed by atoms with Crippen LogP contribution < -0.4 is 4.90 Å². The van der Waals surface area contributed by atoms with E-state index in [9.17, 15) is 14.4 Å². The number of benzene rings is 2. The Kier molecular flexibility index (Phi) is 6.01. The van der Waals surface area contributed by atoms with Crippen molar-refractivity contribution in [2.75, 3.05) is 31.1 Å². The van der Waals surface area contributed by atoms with E-state index in [1.54, 1.807) is 35.2 Å². The van der Waals surface area contributed by atoms with Gasteiger partial charge in [0.1, 0.15) is 11.9 Å². The van der Waals surface area contributed by atoms with E-state index < -0.39 is 5.82 Å². The Bertz CT molecular complexity index is 1160. The average Bonchev–Trinajstić information content (AvgIpc) is 3.22. The number of piperazine rings is 1. The van der Waals surface area contributed by atoms with Crippen LogP contribution in [-0.2, 0) is 0 Å². The van der Waals surface area contributed by atoms with Crippen molar-refractivity contribution in [3.05, 3.63) is 82.1 Å². The molecular weight excluding hydrogens is 419 g/mol. The normalized spacial score (nSPS) is 14.1. The molecule has 4 rings (SSSR count). The number of amides is 1. The molecular formula is C23H18ClFN4O2. The van der Waals surface area contributed by atoms with Crippen molar-refractivity contribution in [1.82, 2.24) is 9.88 Å². The molecule has 1 amide bonds. The summed E-state index contributed by atoms with van der Waals surface area (Å²) >= 11 is 5.89. The van der Waals surface area contributed by atoms with Crippen LogP contribution in [0.5, 0.6) is 0 Å². The molecule has 2 aromatic carbocycles. The van der Waals surface area contributed by atoms with Crippen molar-refractivity contribution >= 4 is 35.5 Å². The number of oxazole rings is 1. The van der Waals surface area contributed by atoms with E-state index in [0.717, 1.165) is 5.56 Å². The molecule has 156 valence electrons. The molecule has 31 heavy (non-hydrogen) atoms. The van der Waals surface area contributed by atoms with Gasteiger partial charge in [-0.15, -0.1) is 0 Å². The first-order valence-electron chi connectivity index (χ1n) is 9.68. The van der Waals surface area contributed by atoms with Crippen LogP contribution >= 0.6 is 11.6 Å². The summed E-state index contributed by atoms with van der Waals surface area (Å²) < 4.78 is 19.7. The van der Waals surface area contributed by atoms with E-state index in [1.165, 1.54) is 12.1 Å². The van der Waals surface area contributed by atoms with Crippen LogP contribution in [0.1, 0.15) is 27.5 Å². The van der Waals surface area contributed by atoms with E-state index in [1.807, 2.05) is 23.1 Å². The van der Waals surface area contributed by atoms with Gasteiger partial charge in [0.15, 0.2) is 0 Å². The Morgan fingerprint density at radius 1 is 1.10 bits per heavy atom. The first-order valence-corrected chi connectivity index (χ1v) is 10.1. The average molecular weight is 437 g/mol. The lowest BCUT2D eigenvalue weighted by Gasteiger charge is -2.34. The second-order valence-corrected chi connectivity index (χ2v) is 7.40. The lowest BCUT2D eigenvalue weighted by atomic mass is 10.1. The molecule has 0 bridgehead atoms. The maximum absolute atomic E-state index is 13.9. The molecule has 0 radical (unpaired) electrons. The number of aromatic nitrogens is 1. The summed E-state index contributed by atoms with van der Waals surface area (Å²) in [5.74, 6) is -0.195. The number of nitrogens with zero attached hydrogens (tertiary/aromatic N) is 4. The maximum atomic E-state index is 13.9. The molecule has 1 fully saturated rings. The fraction of sp³-hybridized carbons (Fsp3) is 0.174. The van der Waals surface area contributed by atoms with Crippen LogP contribution in [0.3, 0.4) is 0 Å². The van der Waals surface area contributed by atoms with Crippen LogP contribution in [-0.4, -0.2) is 42.0 Å². The zero-order valence-corrected chi connectivity index (χ0v) is 17.2. The summed E-state index contributed by atoms with van der Waals surface area (Å²) in [6.45, 7) is 1.66. The van der Waals surface area contributed by atoms with Crippen molar-refractivity contribution in [2.45, 2.75) is 0 Å². The van der Waals surface area contributed by atoms with Crippen LogP contribution in [0.25, 0.3) is 12.2 Å². The third kappa shape index (κ3) is 4.60. The number of carbonyl (C=O) groups is 1. The van der Waals surface area contributed by atoms with E-state index in [-0.39, 0.29) is 17.2 Å². The molecule has 0 saturated carbocycles. The molecule has 0 atom stereocenters. The fourth-order valence-corrected chi connectivity index (χ4v) is 3.47. The monoisotopic (exact) mass is 436 g/mol. The Labute approximate surface area is 183 Å². The molecule has 6 nitrogen and oxygen atoms in total. The Morgan fingerprint density at radius 3 is 2.48 bits per heavy atom. The minimum Gasteiger partial charge on any atom is -0.420 e. The Hall–Kier alpha value is -3.63. The third-order valence-electron chi connectivity index (χ3n) is 4.98. The van der Waals surface area contributed by atoms with Crippen LogP contribution in [0, 0.1) is 17.1 Å². The van der Waals surface area contributed by atoms with E-state index in [4.69, 9.17) is 16.0 Å². The smallest absolute Gasteiger partial charge is 0.256 e. The molecule has 1 aliphatic heterocycles. The van der Waals surface area contributed by atoms with Crippen molar-refractivity contribution in [1.29, 1.82) is 5.26 Å². The van der Waals surface area contributed by atoms with Gasteiger partial charge in [-0.1, -0.05) is 35.9 Å². The van der Waals surface area contributed by atoms with Crippen molar-refractivity contribution < 1.29 is 13.6 Å². The molecule has 0 spiro atoms. The number of anilines is 1. The minimum absolute atomic E-state index is 0.0583. The highest BCUT2D eigenvalue weighted by molar-refractivity contribution is 6.30. The summed E-state index contributed by atoms with van der Waals surface area (Å²) in [4.78, 5) is 20.3. The summed E-state index contributed by atoms with van der Waals surface area (Å²) in [7, 11) is 0. The molecule has 0 unspecified atom stereocenters. The fourth-order valence-electron chi connectivity index (χ4n) is 3.35. The molecule has 3 aromatic rings. The quantitative estimate of drug-likeness (QED) is 0.603. The zero-order chi connectivity index (χ0) is 21.8. The number of hydrogen-bond donors (Lipinski definition) is 0. The summed E-state index contributed by atoms with van der Waals surface area (Å²) in [6.07, 6.45) is 3.50. The maximum Gasteiger partial charge on any atom is 0.256 e. The van der Waals surface area contributed by atoms with Gasteiger partial charge in [0, 0.05) is 37.3 Å². The molecule has 0 N–H and O–H groups in total. The number of rotatable bonds is 4. The number of carbonyl (C=O) groups excluding carboxylic acids is 1. The van der Waals surface area contributed by atoms with Gasteiger partial charge in [-0.3, -0.25) is 4.79 Å². The minimum atomic E-state index is -0.533. The van der Waals surface area contributed by atoms with E-state index in [0.29, 0.717) is 43.0 Å². The van der Waals surface area contributed by atoms with Gasteiger partial charge in [0.25, 0.3) is 5.91 Å². The zero-order valence-electron chi connectivity index (χ0n) is 16.5. The van der Waals surface area contributed by atoms with E-state index >= 15 is 0 Å². The van der Waals surface area contributed by atoms with Crippen molar-refractivity contribution in [3.63, 3.8) is 0 Å². The van der Waals surface area contributed by atoms with Crippen molar-refractivity contribution in [3.8, 4) is 6.07 Å². The highest BCUT2D eigenvalue weighted by atomic mass is 35.5. The molecule has 1 aliphatic rings. The van der Waals surface area contributed by atoms with Gasteiger partial charge in [-0.25, -0.2) is 4.39 Å². The third-order valence-corrected chi connectivity index (χ3v) is 5.23. The SMILES string of the molecule is N#Cc1nc(C=Cc2ccc(Cl)cc2)oc1N1CCN(C(=O)c2ccccc2F)CC1. The first kappa shape index (κ1) is 20.6. The second-order valence-electron chi connectivity index (χ2n) is 6.96. The number of halogens is 2. The second kappa shape index (κ2) is 9.02. The van der Waals surface area contributed by atoms with Gasteiger partial charge in [0.2, 0.25) is 17.5 Å². The molecule has 2 heterocycles. The predicted molar refractivity (Wildman–Crippen MR) is 116 cm³/mol. The lowest BCUT2D eigenvalue weighted by Crippen LogP contribution is -2.49. The molecule has 8 heteroatoms. The topological polar surface area (TPSA) is 73.4 Å². The van der Waals surface area contributed by atoms with Crippen LogP contribution in [0.4, 0.5) is 10.3 Å². The molecule has 1 aromatic heterocycles. The first-order chi connectivity index (χ1) is 15.0. The Morgan fingerprint density at radius 2 is 1.81 bits per heavy atom. The van der Waals surface area contributed by atoms with Crippen molar-refractivity contribution in [2.24, 2.45) is 0 Å². The van der Waals surface area contributed by atoms with Gasteiger partial charge < -0.3 is 14.2 Å². The highest BCUT2D eigenvalue weighted by Gasteiger charge is 2.27. The Balaban J connectivity index is 1.45. The number of nitriles is 1. The predicted octanol–water partition coefficient (Wildman–Crippen LogP) is 4.47.